The van der Waals surface area contributed by atoms with E-state index in [2.05, 4.69) is 5.32 Å². The molecule has 0 aliphatic carbocycles. The number of nitrogens with one attached hydrogen (secondary N) is 1. The number of ether oxygens (including phenoxy) is 1. The molecule has 5 rings (SSSR count). The summed E-state index contributed by atoms with van der Waals surface area (Å²) in [5.74, 6) is -1.37. The van der Waals surface area contributed by atoms with Crippen LogP contribution in [0.2, 0.25) is 0 Å². The molecule has 3 aromatic carbocycles. The summed E-state index contributed by atoms with van der Waals surface area (Å²) in [6.45, 7) is 0.923. The Bertz CT molecular complexity index is 1150. The van der Waals surface area contributed by atoms with E-state index in [1.54, 1.807) is 18.2 Å². The van der Waals surface area contributed by atoms with Gasteiger partial charge in [-0.2, -0.15) is 0 Å². The van der Waals surface area contributed by atoms with E-state index in [1.165, 1.54) is 4.90 Å². The van der Waals surface area contributed by atoms with Crippen molar-refractivity contribution in [2.24, 2.45) is 0 Å². The Labute approximate surface area is 192 Å². The van der Waals surface area contributed by atoms with Gasteiger partial charge < -0.3 is 10.1 Å². The normalized spacial score (nSPS) is 17.5. The van der Waals surface area contributed by atoms with Crippen LogP contribution in [0.15, 0.2) is 78.9 Å². The van der Waals surface area contributed by atoms with Crippen molar-refractivity contribution < 1.29 is 19.1 Å². The van der Waals surface area contributed by atoms with Crippen molar-refractivity contribution in [2.45, 2.75) is 24.9 Å². The Kier molecular flexibility index (Phi) is 5.75. The molecule has 0 bridgehead atoms. The lowest BCUT2D eigenvalue weighted by atomic mass is 9.90. The average Bonchev–Trinajstić information content (AvgIpc) is 3.44. The summed E-state index contributed by atoms with van der Waals surface area (Å²) in [5.41, 5.74) is 2.90. The summed E-state index contributed by atoms with van der Waals surface area (Å²) < 4.78 is 5.59. The number of imide groups is 1. The first-order valence-corrected chi connectivity index (χ1v) is 11.1. The van der Waals surface area contributed by atoms with Crippen molar-refractivity contribution in [2.75, 3.05) is 18.5 Å². The highest BCUT2D eigenvalue weighted by atomic mass is 16.5. The first-order chi connectivity index (χ1) is 16.1. The molecule has 1 saturated heterocycles. The predicted molar refractivity (Wildman–Crippen MR) is 124 cm³/mol. The molecule has 1 N–H and O–H groups in total. The molecule has 0 spiro atoms. The van der Waals surface area contributed by atoms with Gasteiger partial charge in [-0.25, -0.2) is 0 Å². The Balaban J connectivity index is 1.39. The summed E-state index contributed by atoms with van der Waals surface area (Å²) in [7, 11) is 0. The molecule has 33 heavy (non-hydrogen) atoms. The van der Waals surface area contributed by atoms with E-state index in [4.69, 9.17) is 4.74 Å². The maximum absolute atomic E-state index is 13.4. The van der Waals surface area contributed by atoms with Crippen LogP contribution in [-0.4, -0.2) is 41.9 Å². The molecule has 3 aromatic rings. The van der Waals surface area contributed by atoms with Crippen LogP contribution < -0.4 is 5.32 Å². The molecule has 0 saturated carbocycles. The summed E-state index contributed by atoms with van der Waals surface area (Å²) >= 11 is 0. The van der Waals surface area contributed by atoms with Crippen LogP contribution in [0.3, 0.4) is 0 Å². The minimum absolute atomic E-state index is 0.108. The molecule has 2 aliphatic rings. The van der Waals surface area contributed by atoms with Crippen molar-refractivity contribution in [3.63, 3.8) is 0 Å². The van der Waals surface area contributed by atoms with Crippen LogP contribution in [0.25, 0.3) is 0 Å². The summed E-state index contributed by atoms with van der Waals surface area (Å²) in [6.07, 6.45) is 1.67. The highest BCUT2D eigenvalue weighted by Crippen LogP contribution is 2.30. The van der Waals surface area contributed by atoms with Crippen molar-refractivity contribution in [3.8, 4) is 0 Å². The topological polar surface area (TPSA) is 75.7 Å². The molecule has 1 atom stereocenters. The zero-order valence-corrected chi connectivity index (χ0v) is 18.1. The molecular weight excluding hydrogens is 416 g/mol. The molecular formula is C27H24N2O4. The number of carbonyl (C=O) groups excluding carboxylic acids is 3. The van der Waals surface area contributed by atoms with Crippen LogP contribution in [0.5, 0.6) is 0 Å². The minimum Gasteiger partial charge on any atom is -0.376 e. The third kappa shape index (κ3) is 4.17. The fraction of sp³-hybridized carbons (Fsp3) is 0.222. The zero-order valence-electron chi connectivity index (χ0n) is 18.1. The van der Waals surface area contributed by atoms with Gasteiger partial charge in [0.1, 0.15) is 0 Å². The number of nitrogens with zero attached hydrogens (tertiary/aromatic N) is 1. The number of carbonyl (C=O) groups is 3. The van der Waals surface area contributed by atoms with Crippen molar-refractivity contribution in [1.82, 2.24) is 4.90 Å². The second-order valence-electron chi connectivity index (χ2n) is 8.36. The zero-order chi connectivity index (χ0) is 22.8. The second-order valence-corrected chi connectivity index (χ2v) is 8.36. The number of hydrogen-bond acceptors (Lipinski definition) is 4. The van der Waals surface area contributed by atoms with Crippen molar-refractivity contribution >= 4 is 23.4 Å². The lowest BCUT2D eigenvalue weighted by molar-refractivity contribution is -0.116. The van der Waals surface area contributed by atoms with Crippen LogP contribution in [-0.2, 0) is 9.53 Å². The molecule has 6 nitrogen and oxygen atoms in total. The first kappa shape index (κ1) is 21.1. The van der Waals surface area contributed by atoms with Crippen LogP contribution in [0.4, 0.5) is 5.69 Å². The van der Waals surface area contributed by atoms with E-state index in [1.807, 2.05) is 60.7 Å². The van der Waals surface area contributed by atoms with E-state index in [-0.39, 0.29) is 30.4 Å². The summed E-state index contributed by atoms with van der Waals surface area (Å²) in [6, 6.07) is 24.0. The fourth-order valence-electron chi connectivity index (χ4n) is 4.53. The standard InChI is InChI=1S/C27H24N2O4/c30-25(24(18-8-3-1-4-9-18)19-10-5-2-6-11-19)28-20-13-14-22-23(16-20)27(32)29(26(22)31)17-21-12-7-15-33-21/h1-6,8-11,13-14,16,21,24H,7,12,15,17H2,(H,28,30)/t21-/m0/s1. The van der Waals surface area contributed by atoms with Gasteiger partial charge in [-0.15, -0.1) is 0 Å². The van der Waals surface area contributed by atoms with E-state index in [9.17, 15) is 14.4 Å². The van der Waals surface area contributed by atoms with Gasteiger partial charge in [0.05, 0.1) is 29.7 Å². The van der Waals surface area contributed by atoms with E-state index in [0.717, 1.165) is 24.0 Å². The molecule has 6 heteroatoms. The largest absolute Gasteiger partial charge is 0.376 e. The number of hydrogen-bond donors (Lipinski definition) is 1. The van der Waals surface area contributed by atoms with Crippen LogP contribution in [0, 0.1) is 0 Å². The molecule has 0 unspecified atom stereocenters. The maximum atomic E-state index is 13.4. The average molecular weight is 440 g/mol. The van der Waals surface area contributed by atoms with Crippen molar-refractivity contribution in [1.29, 1.82) is 0 Å². The van der Waals surface area contributed by atoms with Gasteiger partial charge in [0.15, 0.2) is 0 Å². The van der Waals surface area contributed by atoms with Gasteiger partial charge in [-0.05, 0) is 42.2 Å². The number of amides is 3. The van der Waals surface area contributed by atoms with E-state index < -0.39 is 5.92 Å². The summed E-state index contributed by atoms with van der Waals surface area (Å²) in [5, 5.41) is 2.95. The van der Waals surface area contributed by atoms with Crippen LogP contribution >= 0.6 is 0 Å². The van der Waals surface area contributed by atoms with Gasteiger partial charge in [-0.1, -0.05) is 60.7 Å². The van der Waals surface area contributed by atoms with Gasteiger partial charge in [0.25, 0.3) is 11.8 Å². The molecule has 0 aromatic heterocycles. The lowest BCUT2D eigenvalue weighted by Gasteiger charge is -2.18. The molecule has 3 amide bonds. The highest BCUT2D eigenvalue weighted by molar-refractivity contribution is 6.22. The predicted octanol–water partition coefficient (Wildman–Crippen LogP) is 4.23. The lowest BCUT2D eigenvalue weighted by Crippen LogP contribution is -2.36. The molecule has 2 aliphatic heterocycles. The molecule has 2 heterocycles. The third-order valence-electron chi connectivity index (χ3n) is 6.18. The molecule has 166 valence electrons. The van der Waals surface area contributed by atoms with Crippen LogP contribution in [0.1, 0.15) is 50.6 Å². The number of fused-ring (bicyclic) bond motifs is 1. The Morgan fingerprint density at radius 2 is 1.55 bits per heavy atom. The number of rotatable bonds is 6. The van der Waals surface area contributed by atoms with E-state index in [0.29, 0.717) is 23.4 Å². The van der Waals surface area contributed by atoms with Crippen molar-refractivity contribution in [3.05, 3.63) is 101 Å². The maximum Gasteiger partial charge on any atom is 0.261 e. The first-order valence-electron chi connectivity index (χ1n) is 11.1. The second kappa shape index (κ2) is 9.00. The SMILES string of the molecule is O=C(Nc1ccc2c(c1)C(=O)N(C[C@@H]1CCCO1)C2=O)C(c1ccccc1)c1ccccc1. The van der Waals surface area contributed by atoms with Gasteiger partial charge in [-0.3, -0.25) is 19.3 Å². The molecule has 0 radical (unpaired) electrons. The van der Waals surface area contributed by atoms with Gasteiger partial charge >= 0.3 is 0 Å². The van der Waals surface area contributed by atoms with E-state index >= 15 is 0 Å². The molecule has 1 fully saturated rings. The quantitative estimate of drug-likeness (QED) is 0.582. The summed E-state index contributed by atoms with van der Waals surface area (Å²) in [4.78, 5) is 40.3. The smallest absolute Gasteiger partial charge is 0.261 e. The number of anilines is 1. The monoisotopic (exact) mass is 440 g/mol. The minimum atomic E-state index is -0.506. The Morgan fingerprint density at radius 1 is 0.909 bits per heavy atom. The Morgan fingerprint density at radius 3 is 2.15 bits per heavy atom. The third-order valence-corrected chi connectivity index (χ3v) is 6.18. The van der Waals surface area contributed by atoms with Gasteiger partial charge in [0, 0.05) is 12.3 Å². The Hall–Kier alpha value is -3.77. The fourth-order valence-corrected chi connectivity index (χ4v) is 4.53. The highest BCUT2D eigenvalue weighted by Gasteiger charge is 2.37. The van der Waals surface area contributed by atoms with Gasteiger partial charge in [0.2, 0.25) is 5.91 Å². The number of benzene rings is 3.